The Morgan fingerprint density at radius 1 is 1.16 bits per heavy atom. The summed E-state index contributed by atoms with van der Waals surface area (Å²) in [4.78, 5) is 35.9. The zero-order valence-corrected chi connectivity index (χ0v) is 20.2. The number of nitrogens with zero attached hydrogens (tertiary/aromatic N) is 3. The molecule has 8 nitrogen and oxygen atoms in total. The zero-order chi connectivity index (χ0) is 25.8. The zero-order valence-electron chi connectivity index (χ0n) is 20.2. The molecule has 188 valence electrons. The molecule has 3 aromatic rings. The van der Waals surface area contributed by atoms with Crippen molar-refractivity contribution < 1.29 is 23.5 Å². The van der Waals surface area contributed by atoms with Crippen molar-refractivity contribution in [1.29, 1.82) is 0 Å². The first-order valence-corrected chi connectivity index (χ1v) is 11.9. The minimum Gasteiger partial charge on any atom is -0.491 e. The summed E-state index contributed by atoms with van der Waals surface area (Å²) in [5.41, 5.74) is 2.78. The number of benzene rings is 2. The summed E-state index contributed by atoms with van der Waals surface area (Å²) in [6.07, 6.45) is 5.43. The second kappa shape index (κ2) is 10.6. The fourth-order valence-corrected chi connectivity index (χ4v) is 4.29. The molecule has 0 saturated heterocycles. The van der Waals surface area contributed by atoms with Gasteiger partial charge in [0.2, 0.25) is 0 Å². The highest BCUT2D eigenvalue weighted by molar-refractivity contribution is 6.11. The van der Waals surface area contributed by atoms with E-state index < -0.39 is 0 Å². The standard InChI is InChI=1S/C28H25FN4O4/c1-36-27-24(37-17-21(34)9-6-18-4-7-20(29)8-5-18)11-10-22-26(27)32-25(33-14-13-31-28(22)33)15-23(35)19-3-2-12-30-16-19/h2-5,7-8,10-12,15-16,32H,6,9,13-14,17H2,1H3. The summed E-state index contributed by atoms with van der Waals surface area (Å²) in [6.45, 7) is 1.10. The number of hydrogen-bond acceptors (Lipinski definition) is 8. The highest BCUT2D eigenvalue weighted by Crippen LogP contribution is 2.43. The Morgan fingerprint density at radius 3 is 2.76 bits per heavy atom. The number of carbonyl (C=O) groups excluding carboxylic acids is 2. The number of aromatic nitrogens is 1. The summed E-state index contributed by atoms with van der Waals surface area (Å²) < 4.78 is 24.6. The molecule has 0 amide bonds. The number of Topliss-reactive ketones (excluding diaryl/α,β-unsaturated/α-hetero) is 1. The van der Waals surface area contributed by atoms with E-state index in [1.807, 2.05) is 11.0 Å². The van der Waals surface area contributed by atoms with Crippen LogP contribution in [0.4, 0.5) is 10.1 Å². The van der Waals surface area contributed by atoms with Gasteiger partial charge in [-0.05, 0) is 48.4 Å². The predicted molar refractivity (Wildman–Crippen MR) is 137 cm³/mol. The number of carbonyl (C=O) groups is 2. The van der Waals surface area contributed by atoms with E-state index in [-0.39, 0.29) is 30.4 Å². The molecule has 0 spiro atoms. The number of rotatable bonds is 9. The number of nitrogens with one attached hydrogen (secondary N) is 1. The Bertz CT molecular complexity index is 1390. The lowest BCUT2D eigenvalue weighted by atomic mass is 10.1. The molecule has 0 saturated carbocycles. The van der Waals surface area contributed by atoms with E-state index in [1.165, 1.54) is 31.5 Å². The van der Waals surface area contributed by atoms with Crippen LogP contribution in [0.3, 0.4) is 0 Å². The number of fused-ring (bicyclic) bond motifs is 3. The molecule has 1 aromatic heterocycles. The molecule has 5 rings (SSSR count). The number of anilines is 1. The van der Waals surface area contributed by atoms with E-state index in [0.29, 0.717) is 48.1 Å². The minimum atomic E-state index is -0.308. The summed E-state index contributed by atoms with van der Waals surface area (Å²) in [5.74, 6) is 1.53. The average molecular weight is 501 g/mol. The second-order valence-corrected chi connectivity index (χ2v) is 8.59. The SMILES string of the molecule is COc1c(OCC(=O)CCc2ccc(F)cc2)ccc2c1NC(=CC(=O)c1cccnc1)N1CCN=C21. The molecule has 1 N–H and O–H groups in total. The number of pyridine rings is 1. The summed E-state index contributed by atoms with van der Waals surface area (Å²) >= 11 is 0. The van der Waals surface area contributed by atoms with E-state index >= 15 is 0 Å². The van der Waals surface area contributed by atoms with Crippen LogP contribution in [0.25, 0.3) is 0 Å². The minimum absolute atomic E-state index is 0.0916. The number of aliphatic imine (C=N–C) groups is 1. The number of ether oxygens (including phenoxy) is 2. The van der Waals surface area contributed by atoms with Gasteiger partial charge in [-0.2, -0.15) is 0 Å². The molecule has 2 aliphatic rings. The van der Waals surface area contributed by atoms with Gasteiger partial charge >= 0.3 is 0 Å². The number of aryl methyl sites for hydroxylation is 1. The summed E-state index contributed by atoms with van der Waals surface area (Å²) in [6, 6.07) is 13.1. The Kier molecular flexibility index (Phi) is 6.93. The van der Waals surface area contributed by atoms with Gasteiger partial charge in [-0.15, -0.1) is 0 Å². The van der Waals surface area contributed by atoms with Gasteiger partial charge in [0.15, 0.2) is 23.1 Å². The van der Waals surface area contributed by atoms with Crippen molar-refractivity contribution in [1.82, 2.24) is 9.88 Å². The first-order chi connectivity index (χ1) is 18.0. The molecule has 0 atom stereocenters. The van der Waals surface area contributed by atoms with Gasteiger partial charge < -0.3 is 19.7 Å². The van der Waals surface area contributed by atoms with Gasteiger partial charge in [0.25, 0.3) is 0 Å². The van der Waals surface area contributed by atoms with Crippen molar-refractivity contribution in [2.24, 2.45) is 4.99 Å². The van der Waals surface area contributed by atoms with Crippen LogP contribution < -0.4 is 14.8 Å². The largest absolute Gasteiger partial charge is 0.491 e. The van der Waals surface area contributed by atoms with Crippen LogP contribution in [0.15, 0.2) is 77.8 Å². The maximum Gasteiger partial charge on any atom is 0.191 e. The molecule has 0 radical (unpaired) electrons. The Morgan fingerprint density at radius 2 is 2.00 bits per heavy atom. The van der Waals surface area contributed by atoms with Crippen LogP contribution >= 0.6 is 0 Å². The molecule has 0 unspecified atom stereocenters. The third-order valence-electron chi connectivity index (χ3n) is 6.16. The van der Waals surface area contributed by atoms with E-state index in [4.69, 9.17) is 9.47 Å². The van der Waals surface area contributed by atoms with Crippen molar-refractivity contribution in [2.45, 2.75) is 12.8 Å². The number of amidine groups is 1. The molecule has 2 aromatic carbocycles. The molecular weight excluding hydrogens is 475 g/mol. The second-order valence-electron chi connectivity index (χ2n) is 8.59. The van der Waals surface area contributed by atoms with E-state index in [1.54, 1.807) is 36.5 Å². The van der Waals surface area contributed by atoms with E-state index in [2.05, 4.69) is 15.3 Å². The van der Waals surface area contributed by atoms with Crippen molar-refractivity contribution in [3.05, 3.63) is 95.3 Å². The molecule has 0 fully saturated rings. The lowest BCUT2D eigenvalue weighted by Crippen LogP contribution is -2.36. The van der Waals surface area contributed by atoms with Gasteiger partial charge in [-0.25, -0.2) is 4.39 Å². The van der Waals surface area contributed by atoms with Crippen LogP contribution in [0.2, 0.25) is 0 Å². The monoisotopic (exact) mass is 500 g/mol. The number of allylic oxidation sites excluding steroid dienone is 1. The third kappa shape index (κ3) is 5.20. The summed E-state index contributed by atoms with van der Waals surface area (Å²) in [7, 11) is 1.52. The topological polar surface area (TPSA) is 93.1 Å². The average Bonchev–Trinajstić information content (AvgIpc) is 3.42. The number of hydrogen-bond donors (Lipinski definition) is 1. The normalized spacial score (nSPS) is 14.9. The smallest absolute Gasteiger partial charge is 0.191 e. The van der Waals surface area contributed by atoms with Gasteiger partial charge in [0.1, 0.15) is 24.1 Å². The van der Waals surface area contributed by atoms with Gasteiger partial charge in [-0.1, -0.05) is 12.1 Å². The fraction of sp³-hybridized carbons (Fsp3) is 0.214. The molecule has 9 heteroatoms. The molecule has 0 aliphatic carbocycles. The van der Waals surface area contributed by atoms with Gasteiger partial charge in [0.05, 0.1) is 19.3 Å². The maximum absolute atomic E-state index is 13.1. The van der Waals surface area contributed by atoms with Crippen molar-refractivity contribution in [3.8, 4) is 11.5 Å². The molecule has 0 bridgehead atoms. The lowest BCUT2D eigenvalue weighted by molar-refractivity contribution is -0.121. The highest BCUT2D eigenvalue weighted by atomic mass is 19.1. The van der Waals surface area contributed by atoms with Crippen molar-refractivity contribution >= 4 is 23.1 Å². The fourth-order valence-electron chi connectivity index (χ4n) is 4.29. The maximum atomic E-state index is 13.1. The van der Waals surface area contributed by atoms with Crippen LogP contribution in [-0.2, 0) is 11.2 Å². The first-order valence-electron chi connectivity index (χ1n) is 11.9. The lowest BCUT2D eigenvalue weighted by Gasteiger charge is -2.32. The molecule has 3 heterocycles. The van der Waals surface area contributed by atoms with E-state index in [0.717, 1.165) is 17.0 Å². The number of ketones is 2. The Labute approximate surface area is 213 Å². The molecule has 37 heavy (non-hydrogen) atoms. The van der Waals surface area contributed by atoms with Gasteiger partial charge in [-0.3, -0.25) is 19.6 Å². The van der Waals surface area contributed by atoms with Crippen LogP contribution in [0.5, 0.6) is 11.5 Å². The Balaban J connectivity index is 1.34. The van der Waals surface area contributed by atoms with Crippen molar-refractivity contribution in [2.75, 3.05) is 32.1 Å². The van der Waals surface area contributed by atoms with Crippen molar-refractivity contribution in [3.63, 3.8) is 0 Å². The van der Waals surface area contributed by atoms with Crippen LogP contribution in [0, 0.1) is 5.82 Å². The van der Waals surface area contributed by atoms with Crippen LogP contribution in [-0.4, -0.2) is 54.1 Å². The quantitative estimate of drug-likeness (QED) is 0.350. The predicted octanol–water partition coefficient (Wildman–Crippen LogP) is 4.02. The first kappa shape index (κ1) is 24.2. The molecule has 2 aliphatic heterocycles. The van der Waals surface area contributed by atoms with Crippen LogP contribution in [0.1, 0.15) is 27.9 Å². The number of halogens is 1. The van der Waals surface area contributed by atoms with Gasteiger partial charge in [0, 0.05) is 42.6 Å². The Hall–Kier alpha value is -4.53. The van der Waals surface area contributed by atoms with E-state index in [9.17, 15) is 14.0 Å². The number of methoxy groups -OCH3 is 1. The third-order valence-corrected chi connectivity index (χ3v) is 6.16. The highest BCUT2D eigenvalue weighted by Gasteiger charge is 2.33. The summed E-state index contributed by atoms with van der Waals surface area (Å²) in [5, 5.41) is 3.31. The molecular formula is C28H25FN4O4.